The summed E-state index contributed by atoms with van der Waals surface area (Å²) in [5.41, 5.74) is 0.999. The maximum absolute atomic E-state index is 11.5. The SMILES string of the molecule is C[C@H]1OC(=O)[C@H](Cc2ccccc2)NC1=O. The van der Waals surface area contributed by atoms with Gasteiger partial charge < -0.3 is 10.1 Å². The van der Waals surface area contributed by atoms with Crippen LogP contribution in [0.5, 0.6) is 0 Å². The molecule has 1 saturated heterocycles. The molecule has 4 heteroatoms. The van der Waals surface area contributed by atoms with Crippen molar-refractivity contribution < 1.29 is 14.3 Å². The topological polar surface area (TPSA) is 55.4 Å². The zero-order valence-corrected chi connectivity index (χ0v) is 8.97. The molecule has 1 aliphatic heterocycles. The predicted molar refractivity (Wildman–Crippen MR) is 57.6 cm³/mol. The predicted octanol–water partition coefficient (Wildman–Crippen LogP) is 0.659. The molecule has 0 spiro atoms. The molecule has 0 aromatic heterocycles. The Hall–Kier alpha value is -1.84. The summed E-state index contributed by atoms with van der Waals surface area (Å²) in [4.78, 5) is 22.9. The molecule has 16 heavy (non-hydrogen) atoms. The number of nitrogens with one attached hydrogen (secondary N) is 1. The lowest BCUT2D eigenvalue weighted by Gasteiger charge is -2.26. The van der Waals surface area contributed by atoms with Crippen molar-refractivity contribution in [2.45, 2.75) is 25.5 Å². The number of amides is 1. The van der Waals surface area contributed by atoms with Gasteiger partial charge in [-0.3, -0.25) is 4.79 Å². The minimum absolute atomic E-state index is 0.236. The number of morpholine rings is 1. The molecule has 1 fully saturated rings. The van der Waals surface area contributed by atoms with Crippen LogP contribution in [-0.4, -0.2) is 24.0 Å². The van der Waals surface area contributed by atoms with E-state index >= 15 is 0 Å². The quantitative estimate of drug-likeness (QED) is 0.743. The van der Waals surface area contributed by atoms with E-state index in [4.69, 9.17) is 4.74 Å². The van der Waals surface area contributed by atoms with E-state index < -0.39 is 12.1 Å². The fourth-order valence-electron chi connectivity index (χ4n) is 1.64. The van der Waals surface area contributed by atoms with Gasteiger partial charge in [-0.15, -0.1) is 0 Å². The fraction of sp³-hybridized carbons (Fsp3) is 0.333. The van der Waals surface area contributed by atoms with E-state index in [-0.39, 0.29) is 11.9 Å². The van der Waals surface area contributed by atoms with Crippen LogP contribution < -0.4 is 5.32 Å². The standard InChI is InChI=1S/C12H13NO3/c1-8-11(14)13-10(12(15)16-8)7-9-5-3-2-4-6-9/h2-6,8,10H,7H2,1H3,(H,13,14)/t8-,10+/m1/s1. The number of carbonyl (C=O) groups is 2. The fourth-order valence-corrected chi connectivity index (χ4v) is 1.64. The van der Waals surface area contributed by atoms with Gasteiger partial charge in [0.2, 0.25) is 0 Å². The minimum atomic E-state index is -0.681. The monoisotopic (exact) mass is 219 g/mol. The Morgan fingerprint density at radius 3 is 2.62 bits per heavy atom. The summed E-state index contributed by atoms with van der Waals surface area (Å²) in [6.07, 6.45) is -0.211. The van der Waals surface area contributed by atoms with E-state index in [0.717, 1.165) is 5.56 Å². The molecule has 1 heterocycles. The van der Waals surface area contributed by atoms with Crippen molar-refractivity contribution >= 4 is 11.9 Å². The number of hydrogen-bond donors (Lipinski definition) is 1. The summed E-state index contributed by atoms with van der Waals surface area (Å²) in [6, 6.07) is 8.96. The number of rotatable bonds is 2. The Kier molecular flexibility index (Phi) is 2.90. The second kappa shape index (κ2) is 4.35. The Labute approximate surface area is 93.6 Å². The summed E-state index contributed by atoms with van der Waals surface area (Å²) in [5.74, 6) is -0.600. The third-order valence-electron chi connectivity index (χ3n) is 2.55. The van der Waals surface area contributed by atoms with Crippen molar-refractivity contribution in [3.63, 3.8) is 0 Å². The van der Waals surface area contributed by atoms with E-state index in [9.17, 15) is 9.59 Å². The van der Waals surface area contributed by atoms with Gasteiger partial charge in [0.05, 0.1) is 0 Å². The van der Waals surface area contributed by atoms with Crippen LogP contribution in [0.25, 0.3) is 0 Å². The zero-order valence-electron chi connectivity index (χ0n) is 8.97. The number of ether oxygens (including phenoxy) is 1. The highest BCUT2D eigenvalue weighted by atomic mass is 16.6. The smallest absolute Gasteiger partial charge is 0.329 e. The normalized spacial score (nSPS) is 24.8. The lowest BCUT2D eigenvalue weighted by atomic mass is 10.0. The molecular weight excluding hydrogens is 206 g/mol. The number of carbonyl (C=O) groups excluding carboxylic acids is 2. The third-order valence-corrected chi connectivity index (χ3v) is 2.55. The maximum atomic E-state index is 11.5. The molecule has 84 valence electrons. The number of hydrogen-bond acceptors (Lipinski definition) is 3. The first-order valence-electron chi connectivity index (χ1n) is 5.21. The molecule has 0 aliphatic carbocycles. The van der Waals surface area contributed by atoms with E-state index in [1.807, 2.05) is 30.3 Å². The van der Waals surface area contributed by atoms with Crippen molar-refractivity contribution in [3.05, 3.63) is 35.9 Å². The zero-order chi connectivity index (χ0) is 11.5. The molecule has 4 nitrogen and oxygen atoms in total. The van der Waals surface area contributed by atoms with Crippen LogP contribution in [0.15, 0.2) is 30.3 Å². The van der Waals surface area contributed by atoms with Gasteiger partial charge >= 0.3 is 5.97 Å². The van der Waals surface area contributed by atoms with Gasteiger partial charge in [-0.05, 0) is 12.5 Å². The van der Waals surface area contributed by atoms with Crippen LogP contribution in [-0.2, 0) is 20.7 Å². The highest BCUT2D eigenvalue weighted by Crippen LogP contribution is 2.09. The molecule has 1 N–H and O–H groups in total. The van der Waals surface area contributed by atoms with Gasteiger partial charge in [0.25, 0.3) is 5.91 Å². The van der Waals surface area contributed by atoms with Crippen molar-refractivity contribution in [2.75, 3.05) is 0 Å². The molecule has 1 aromatic rings. The summed E-state index contributed by atoms with van der Waals surface area (Å²) in [5, 5.41) is 2.65. The average molecular weight is 219 g/mol. The van der Waals surface area contributed by atoms with E-state index in [0.29, 0.717) is 6.42 Å². The number of cyclic esters (lactones) is 1. The second-order valence-corrected chi connectivity index (χ2v) is 3.83. The molecule has 2 atom stereocenters. The van der Waals surface area contributed by atoms with Gasteiger partial charge in [0, 0.05) is 6.42 Å². The second-order valence-electron chi connectivity index (χ2n) is 3.83. The highest BCUT2D eigenvalue weighted by molar-refractivity contribution is 5.92. The summed E-state index contributed by atoms with van der Waals surface area (Å²) >= 11 is 0. The van der Waals surface area contributed by atoms with Crippen molar-refractivity contribution in [1.29, 1.82) is 0 Å². The van der Waals surface area contributed by atoms with Gasteiger partial charge in [0.15, 0.2) is 6.10 Å². The van der Waals surface area contributed by atoms with E-state index in [2.05, 4.69) is 5.32 Å². The van der Waals surface area contributed by atoms with Crippen LogP contribution in [0.3, 0.4) is 0 Å². The van der Waals surface area contributed by atoms with Crippen LogP contribution in [0.4, 0.5) is 0 Å². The summed E-state index contributed by atoms with van der Waals surface area (Å²) in [7, 11) is 0. The molecule has 2 rings (SSSR count). The van der Waals surface area contributed by atoms with Gasteiger partial charge in [-0.25, -0.2) is 4.79 Å². The Morgan fingerprint density at radius 1 is 1.25 bits per heavy atom. The lowest BCUT2D eigenvalue weighted by molar-refractivity contribution is -0.164. The molecule has 1 amide bonds. The van der Waals surface area contributed by atoms with Crippen LogP contribution >= 0.6 is 0 Å². The maximum Gasteiger partial charge on any atom is 0.329 e. The Morgan fingerprint density at radius 2 is 1.94 bits per heavy atom. The highest BCUT2D eigenvalue weighted by Gasteiger charge is 2.32. The largest absolute Gasteiger partial charge is 0.451 e. The summed E-state index contributed by atoms with van der Waals surface area (Å²) < 4.78 is 4.93. The van der Waals surface area contributed by atoms with Crippen molar-refractivity contribution in [3.8, 4) is 0 Å². The first kappa shape index (κ1) is 10.7. The molecule has 1 aliphatic rings. The summed E-state index contributed by atoms with van der Waals surface area (Å²) in [6.45, 7) is 1.56. The first-order chi connectivity index (χ1) is 7.66. The molecule has 0 radical (unpaired) electrons. The van der Waals surface area contributed by atoms with E-state index in [1.165, 1.54) is 0 Å². The number of benzene rings is 1. The van der Waals surface area contributed by atoms with Gasteiger partial charge in [-0.2, -0.15) is 0 Å². The molecule has 0 saturated carbocycles. The molecule has 0 bridgehead atoms. The average Bonchev–Trinajstić information content (AvgIpc) is 2.27. The van der Waals surface area contributed by atoms with Crippen LogP contribution in [0, 0.1) is 0 Å². The van der Waals surface area contributed by atoms with Crippen molar-refractivity contribution in [1.82, 2.24) is 5.32 Å². The minimum Gasteiger partial charge on any atom is -0.451 e. The van der Waals surface area contributed by atoms with Gasteiger partial charge in [-0.1, -0.05) is 30.3 Å². The molecule has 1 aromatic carbocycles. The Bertz CT molecular complexity index is 402. The van der Waals surface area contributed by atoms with Crippen LogP contribution in [0.1, 0.15) is 12.5 Å². The molecular formula is C12H13NO3. The van der Waals surface area contributed by atoms with Crippen LogP contribution in [0.2, 0.25) is 0 Å². The molecule has 0 unspecified atom stereocenters. The lowest BCUT2D eigenvalue weighted by Crippen LogP contribution is -2.53. The Balaban J connectivity index is 2.05. The first-order valence-corrected chi connectivity index (χ1v) is 5.21. The third kappa shape index (κ3) is 2.21. The number of esters is 1. The van der Waals surface area contributed by atoms with E-state index in [1.54, 1.807) is 6.92 Å². The van der Waals surface area contributed by atoms with Crippen molar-refractivity contribution in [2.24, 2.45) is 0 Å². The van der Waals surface area contributed by atoms with Gasteiger partial charge in [0.1, 0.15) is 6.04 Å².